The first kappa shape index (κ1) is 16.2. The molecule has 0 atom stereocenters. The molecule has 0 aliphatic heterocycles. The van der Waals surface area contributed by atoms with Crippen molar-refractivity contribution in [3.05, 3.63) is 57.7 Å². The van der Waals surface area contributed by atoms with Crippen molar-refractivity contribution >= 4 is 23.2 Å². The van der Waals surface area contributed by atoms with Crippen LogP contribution in [-0.2, 0) is 17.8 Å². The van der Waals surface area contributed by atoms with Crippen LogP contribution in [-0.4, -0.2) is 15.5 Å². The van der Waals surface area contributed by atoms with Gasteiger partial charge in [0.25, 0.3) is 5.56 Å². The SMILES string of the molecule is CCCCc1cc(=O)n(CC(=O)Nc2cccc(Cl)c2)cn1. The second kappa shape index (κ2) is 7.75. The highest BCUT2D eigenvalue weighted by atomic mass is 35.5. The molecule has 1 heterocycles. The van der Waals surface area contributed by atoms with Crippen LogP contribution in [0.4, 0.5) is 5.69 Å². The molecule has 0 aliphatic carbocycles. The van der Waals surface area contributed by atoms with Crippen LogP contribution in [0.15, 0.2) is 41.5 Å². The van der Waals surface area contributed by atoms with Crippen molar-refractivity contribution in [2.45, 2.75) is 32.7 Å². The summed E-state index contributed by atoms with van der Waals surface area (Å²) in [5.74, 6) is -0.299. The van der Waals surface area contributed by atoms with E-state index < -0.39 is 0 Å². The van der Waals surface area contributed by atoms with E-state index in [-0.39, 0.29) is 18.0 Å². The molecule has 0 aliphatic rings. The number of benzene rings is 1. The third kappa shape index (κ3) is 4.70. The van der Waals surface area contributed by atoms with E-state index in [9.17, 15) is 9.59 Å². The van der Waals surface area contributed by atoms with Gasteiger partial charge in [-0.1, -0.05) is 31.0 Å². The van der Waals surface area contributed by atoms with Crippen molar-refractivity contribution in [2.24, 2.45) is 0 Å². The first-order valence-corrected chi connectivity index (χ1v) is 7.57. The first-order valence-electron chi connectivity index (χ1n) is 7.19. The minimum atomic E-state index is -0.299. The molecular weight excluding hydrogens is 302 g/mol. The van der Waals surface area contributed by atoms with Crippen molar-refractivity contribution < 1.29 is 4.79 Å². The van der Waals surface area contributed by atoms with Crippen LogP contribution in [0.1, 0.15) is 25.5 Å². The summed E-state index contributed by atoms with van der Waals surface area (Å²) in [5.41, 5.74) is 1.14. The number of anilines is 1. The van der Waals surface area contributed by atoms with Crippen molar-refractivity contribution in [3.8, 4) is 0 Å². The highest BCUT2D eigenvalue weighted by molar-refractivity contribution is 6.30. The van der Waals surface area contributed by atoms with Gasteiger partial charge in [0, 0.05) is 22.5 Å². The predicted octanol–water partition coefficient (Wildman–Crippen LogP) is 2.88. The summed E-state index contributed by atoms with van der Waals surface area (Å²) in [4.78, 5) is 28.1. The van der Waals surface area contributed by atoms with E-state index in [2.05, 4.69) is 17.2 Å². The number of aromatic nitrogens is 2. The number of hydrogen-bond acceptors (Lipinski definition) is 3. The number of nitrogens with one attached hydrogen (secondary N) is 1. The zero-order valence-corrected chi connectivity index (χ0v) is 13.1. The Balaban J connectivity index is 2.01. The summed E-state index contributed by atoms with van der Waals surface area (Å²) in [7, 11) is 0. The highest BCUT2D eigenvalue weighted by Crippen LogP contribution is 2.14. The zero-order valence-electron chi connectivity index (χ0n) is 12.4. The van der Waals surface area contributed by atoms with Gasteiger partial charge in [0.2, 0.25) is 5.91 Å². The largest absolute Gasteiger partial charge is 0.324 e. The van der Waals surface area contributed by atoms with Crippen LogP contribution in [0.3, 0.4) is 0 Å². The number of carbonyl (C=O) groups excluding carboxylic acids is 1. The van der Waals surface area contributed by atoms with Crippen LogP contribution in [0.5, 0.6) is 0 Å². The Morgan fingerprint density at radius 3 is 2.86 bits per heavy atom. The second-order valence-corrected chi connectivity index (χ2v) is 5.44. The van der Waals surface area contributed by atoms with Crippen molar-refractivity contribution in [1.29, 1.82) is 0 Å². The van der Waals surface area contributed by atoms with Crippen molar-refractivity contribution in [1.82, 2.24) is 9.55 Å². The molecule has 0 unspecified atom stereocenters. The smallest absolute Gasteiger partial charge is 0.253 e. The van der Waals surface area contributed by atoms with Crippen LogP contribution in [0, 0.1) is 0 Å². The lowest BCUT2D eigenvalue weighted by molar-refractivity contribution is -0.116. The van der Waals surface area contributed by atoms with Crippen molar-refractivity contribution in [2.75, 3.05) is 5.32 Å². The standard InChI is InChI=1S/C16H18ClN3O2/c1-2-3-6-13-9-16(22)20(11-18-13)10-15(21)19-14-7-4-5-12(17)8-14/h4-5,7-9,11H,2-3,6,10H2,1H3,(H,19,21). The average Bonchev–Trinajstić information content (AvgIpc) is 2.47. The van der Waals surface area contributed by atoms with E-state index in [0.717, 1.165) is 25.0 Å². The summed E-state index contributed by atoms with van der Waals surface area (Å²) in [6, 6.07) is 8.34. The number of halogens is 1. The molecule has 1 aromatic heterocycles. The van der Waals surface area contributed by atoms with Gasteiger partial charge < -0.3 is 5.32 Å². The fourth-order valence-electron chi connectivity index (χ4n) is 2.00. The van der Waals surface area contributed by atoms with E-state index in [1.54, 1.807) is 24.3 Å². The first-order chi connectivity index (χ1) is 10.6. The van der Waals surface area contributed by atoms with Crippen LogP contribution in [0.2, 0.25) is 5.02 Å². The van der Waals surface area contributed by atoms with E-state index in [1.807, 2.05) is 0 Å². The molecule has 1 aromatic carbocycles. The molecule has 6 heteroatoms. The average molecular weight is 320 g/mol. The molecule has 1 amide bonds. The number of aryl methyl sites for hydroxylation is 1. The molecule has 0 saturated heterocycles. The molecular formula is C16H18ClN3O2. The summed E-state index contributed by atoms with van der Waals surface area (Å²) < 4.78 is 1.29. The fraction of sp³-hybridized carbons (Fsp3) is 0.312. The lowest BCUT2D eigenvalue weighted by Gasteiger charge is -2.08. The third-order valence-electron chi connectivity index (χ3n) is 3.14. The van der Waals surface area contributed by atoms with E-state index in [0.29, 0.717) is 10.7 Å². The van der Waals surface area contributed by atoms with Crippen LogP contribution < -0.4 is 10.9 Å². The van der Waals surface area contributed by atoms with Crippen molar-refractivity contribution in [3.63, 3.8) is 0 Å². The van der Waals surface area contributed by atoms with Gasteiger partial charge in [0.15, 0.2) is 0 Å². The normalized spacial score (nSPS) is 10.5. The molecule has 2 rings (SSSR count). The van der Waals surface area contributed by atoms with Gasteiger partial charge >= 0.3 is 0 Å². The summed E-state index contributed by atoms with van der Waals surface area (Å²) >= 11 is 5.86. The van der Waals surface area contributed by atoms with E-state index in [4.69, 9.17) is 11.6 Å². The molecule has 2 aromatic rings. The van der Waals surface area contributed by atoms with Gasteiger partial charge in [-0.15, -0.1) is 0 Å². The number of rotatable bonds is 6. The minimum Gasteiger partial charge on any atom is -0.324 e. The van der Waals surface area contributed by atoms with Gasteiger partial charge in [-0.2, -0.15) is 0 Å². The number of amides is 1. The predicted molar refractivity (Wildman–Crippen MR) is 87.2 cm³/mol. The number of nitrogens with zero attached hydrogens (tertiary/aromatic N) is 2. The molecule has 0 spiro atoms. The van der Waals surface area contributed by atoms with E-state index in [1.165, 1.54) is 17.0 Å². The Kier molecular flexibility index (Phi) is 5.72. The number of hydrogen-bond donors (Lipinski definition) is 1. The highest BCUT2D eigenvalue weighted by Gasteiger charge is 2.07. The second-order valence-electron chi connectivity index (χ2n) is 5.01. The van der Waals surface area contributed by atoms with Gasteiger partial charge in [0.05, 0.1) is 6.33 Å². The monoisotopic (exact) mass is 319 g/mol. The Hall–Kier alpha value is -2.14. The Labute approximate surface area is 134 Å². The quantitative estimate of drug-likeness (QED) is 0.890. The third-order valence-corrected chi connectivity index (χ3v) is 3.38. The zero-order chi connectivity index (χ0) is 15.9. The molecule has 0 fully saturated rings. The molecule has 116 valence electrons. The molecule has 0 bridgehead atoms. The molecule has 5 nitrogen and oxygen atoms in total. The van der Waals surface area contributed by atoms with Crippen LogP contribution in [0.25, 0.3) is 0 Å². The maximum atomic E-state index is 12.0. The lowest BCUT2D eigenvalue weighted by Crippen LogP contribution is -2.27. The Morgan fingerprint density at radius 2 is 2.18 bits per heavy atom. The molecule has 0 saturated carbocycles. The van der Waals surface area contributed by atoms with Gasteiger partial charge in [-0.05, 0) is 31.0 Å². The minimum absolute atomic E-state index is 0.0770. The maximum Gasteiger partial charge on any atom is 0.253 e. The molecule has 0 radical (unpaired) electrons. The van der Waals surface area contributed by atoms with Gasteiger partial charge in [-0.3, -0.25) is 14.2 Å². The number of carbonyl (C=O) groups is 1. The summed E-state index contributed by atoms with van der Waals surface area (Å²) in [6.45, 7) is 2.01. The fourth-order valence-corrected chi connectivity index (χ4v) is 2.19. The van der Waals surface area contributed by atoms with Crippen LogP contribution >= 0.6 is 11.6 Å². The van der Waals surface area contributed by atoms with Gasteiger partial charge in [0.1, 0.15) is 6.54 Å². The lowest BCUT2D eigenvalue weighted by atomic mass is 10.2. The molecule has 1 N–H and O–H groups in total. The Morgan fingerprint density at radius 1 is 1.36 bits per heavy atom. The summed E-state index contributed by atoms with van der Waals surface area (Å²) in [5, 5.41) is 3.24. The van der Waals surface area contributed by atoms with Gasteiger partial charge in [-0.25, -0.2) is 4.98 Å². The summed E-state index contributed by atoms with van der Waals surface area (Å²) in [6.07, 6.45) is 4.24. The maximum absolute atomic E-state index is 12.0. The molecule has 22 heavy (non-hydrogen) atoms. The Bertz CT molecular complexity index is 713. The number of unbranched alkanes of at least 4 members (excludes halogenated alkanes) is 1. The topological polar surface area (TPSA) is 64.0 Å². The van der Waals surface area contributed by atoms with E-state index >= 15 is 0 Å².